The Labute approximate surface area is 155 Å². The highest BCUT2D eigenvalue weighted by molar-refractivity contribution is 7.15. The smallest absolute Gasteiger partial charge is 0.249 e. The maximum Gasteiger partial charge on any atom is 0.249 e. The first-order chi connectivity index (χ1) is 12.5. The van der Waals surface area contributed by atoms with Crippen LogP contribution in [0.2, 0.25) is 0 Å². The van der Waals surface area contributed by atoms with Gasteiger partial charge in [-0.2, -0.15) is 10.1 Å². The summed E-state index contributed by atoms with van der Waals surface area (Å²) in [6.07, 6.45) is 2.02. The van der Waals surface area contributed by atoms with E-state index in [2.05, 4.69) is 20.3 Å². The lowest BCUT2D eigenvalue weighted by Gasteiger charge is -2.38. The summed E-state index contributed by atoms with van der Waals surface area (Å²) in [4.78, 5) is 21.2. The van der Waals surface area contributed by atoms with E-state index in [1.54, 1.807) is 11.3 Å². The van der Waals surface area contributed by atoms with Gasteiger partial charge in [-0.1, -0.05) is 5.16 Å². The number of aromatic nitrogens is 4. The number of thiophene rings is 1. The minimum absolute atomic E-state index is 0.101. The van der Waals surface area contributed by atoms with Crippen molar-refractivity contribution in [3.8, 4) is 10.7 Å². The van der Waals surface area contributed by atoms with E-state index in [1.165, 1.54) is 4.88 Å². The van der Waals surface area contributed by atoms with Crippen LogP contribution in [0.25, 0.3) is 10.7 Å². The molecule has 0 unspecified atom stereocenters. The Hall–Kier alpha value is -2.48. The largest absolute Gasteiger partial charge is 0.337 e. The maximum absolute atomic E-state index is 12.6. The Morgan fingerprint density at radius 2 is 2.23 bits per heavy atom. The van der Waals surface area contributed by atoms with Gasteiger partial charge in [0.1, 0.15) is 6.04 Å². The number of rotatable bonds is 5. The Morgan fingerprint density at radius 3 is 2.85 bits per heavy atom. The third-order valence-electron chi connectivity index (χ3n) is 4.90. The first-order valence-electron chi connectivity index (χ1n) is 8.73. The molecule has 8 heteroatoms. The molecule has 1 N–H and O–H groups in total. The normalized spacial score (nSPS) is 16.7. The van der Waals surface area contributed by atoms with Gasteiger partial charge >= 0.3 is 0 Å². The van der Waals surface area contributed by atoms with Gasteiger partial charge in [-0.3, -0.25) is 9.89 Å². The minimum Gasteiger partial charge on any atom is -0.337 e. The first kappa shape index (κ1) is 17.0. The van der Waals surface area contributed by atoms with E-state index in [9.17, 15) is 4.79 Å². The summed E-state index contributed by atoms with van der Waals surface area (Å²) >= 11 is 1.63. The summed E-state index contributed by atoms with van der Waals surface area (Å²) in [5.41, 5.74) is 3.12. The summed E-state index contributed by atoms with van der Waals surface area (Å²) in [6, 6.07) is 3.93. The van der Waals surface area contributed by atoms with Crippen LogP contribution in [0.1, 0.15) is 46.6 Å². The fraction of sp³-hybridized carbons (Fsp3) is 0.444. The van der Waals surface area contributed by atoms with Gasteiger partial charge in [0.2, 0.25) is 17.6 Å². The predicted octanol–water partition coefficient (Wildman–Crippen LogP) is 3.35. The number of carbonyl (C=O) groups is 1. The number of aromatic amines is 1. The molecule has 7 nitrogen and oxygen atoms in total. The number of hydrogen-bond acceptors (Lipinski definition) is 6. The predicted molar refractivity (Wildman–Crippen MR) is 97.8 cm³/mol. The third-order valence-corrected chi connectivity index (χ3v) is 5.89. The van der Waals surface area contributed by atoms with Crippen LogP contribution in [-0.2, 0) is 11.2 Å². The minimum atomic E-state index is -0.101. The van der Waals surface area contributed by atoms with E-state index in [0.29, 0.717) is 24.6 Å². The number of H-pyrrole nitrogens is 1. The topological polar surface area (TPSA) is 87.9 Å². The number of nitrogens with one attached hydrogen (secondary N) is 1. The summed E-state index contributed by atoms with van der Waals surface area (Å²) in [5, 5.41) is 11.2. The summed E-state index contributed by atoms with van der Waals surface area (Å²) in [7, 11) is 0. The van der Waals surface area contributed by atoms with Gasteiger partial charge in [-0.15, -0.1) is 11.3 Å². The quantitative estimate of drug-likeness (QED) is 0.743. The van der Waals surface area contributed by atoms with Gasteiger partial charge in [0.15, 0.2) is 0 Å². The Bertz CT molecular complexity index is 922. The molecule has 136 valence electrons. The van der Waals surface area contributed by atoms with E-state index in [0.717, 1.165) is 34.8 Å². The lowest BCUT2D eigenvalue weighted by atomic mass is 10.0. The molecule has 0 radical (unpaired) electrons. The molecule has 0 aromatic carbocycles. The summed E-state index contributed by atoms with van der Waals surface area (Å²) in [6.45, 7) is 6.73. The van der Waals surface area contributed by atoms with Crippen molar-refractivity contribution in [3.63, 3.8) is 0 Å². The molecule has 3 aromatic rings. The standard InChI is InChI=1S/C18H21N5O2S/c1-10-4-6-15(26-10)17-19-18(25-22-17)14-8-9-23(14)16(24)7-5-13-11(2)20-21-12(13)3/h4,6,14H,5,7-9H2,1-3H3,(H,20,21)/t14-/m1/s1. The Kier molecular flexibility index (Phi) is 4.36. The molecule has 4 rings (SSSR count). The monoisotopic (exact) mass is 371 g/mol. The molecule has 0 saturated carbocycles. The van der Waals surface area contributed by atoms with Crippen LogP contribution < -0.4 is 0 Å². The number of likely N-dealkylation sites (tertiary alicyclic amines) is 1. The van der Waals surface area contributed by atoms with Crippen molar-refractivity contribution in [2.24, 2.45) is 0 Å². The number of carbonyl (C=O) groups excluding carboxylic acids is 1. The molecule has 1 amide bonds. The second kappa shape index (κ2) is 6.68. The van der Waals surface area contributed by atoms with Crippen molar-refractivity contribution in [3.05, 3.63) is 39.9 Å². The van der Waals surface area contributed by atoms with Gasteiger partial charge in [0, 0.05) is 23.5 Å². The van der Waals surface area contributed by atoms with Gasteiger partial charge in [0.05, 0.1) is 10.6 Å². The second-order valence-corrected chi connectivity index (χ2v) is 7.96. The lowest BCUT2D eigenvalue weighted by molar-refractivity contribution is -0.140. The van der Waals surface area contributed by atoms with Gasteiger partial charge in [0.25, 0.3) is 0 Å². The van der Waals surface area contributed by atoms with Crippen LogP contribution in [0.5, 0.6) is 0 Å². The molecule has 1 aliphatic heterocycles. The van der Waals surface area contributed by atoms with E-state index in [1.807, 2.05) is 37.8 Å². The van der Waals surface area contributed by atoms with Crippen molar-refractivity contribution < 1.29 is 9.32 Å². The van der Waals surface area contributed by atoms with E-state index in [4.69, 9.17) is 4.52 Å². The van der Waals surface area contributed by atoms with E-state index < -0.39 is 0 Å². The third kappa shape index (κ3) is 3.05. The van der Waals surface area contributed by atoms with Crippen LogP contribution >= 0.6 is 11.3 Å². The fourth-order valence-electron chi connectivity index (χ4n) is 3.29. The highest BCUT2D eigenvalue weighted by atomic mass is 32.1. The summed E-state index contributed by atoms with van der Waals surface area (Å²) < 4.78 is 5.44. The molecule has 0 bridgehead atoms. The van der Waals surface area contributed by atoms with Crippen LogP contribution in [0.3, 0.4) is 0 Å². The number of aryl methyl sites for hydroxylation is 3. The molecule has 26 heavy (non-hydrogen) atoms. The highest BCUT2D eigenvalue weighted by Gasteiger charge is 2.37. The van der Waals surface area contributed by atoms with Gasteiger partial charge < -0.3 is 9.42 Å². The van der Waals surface area contributed by atoms with Gasteiger partial charge in [-0.25, -0.2) is 0 Å². The zero-order valence-electron chi connectivity index (χ0n) is 15.1. The molecule has 3 aromatic heterocycles. The van der Waals surface area contributed by atoms with E-state index in [-0.39, 0.29) is 11.9 Å². The van der Waals surface area contributed by atoms with Crippen molar-refractivity contribution in [1.82, 2.24) is 25.2 Å². The fourth-order valence-corrected chi connectivity index (χ4v) is 4.08. The average molecular weight is 371 g/mol. The van der Waals surface area contributed by atoms with Crippen molar-refractivity contribution in [1.29, 1.82) is 0 Å². The SMILES string of the molecule is Cc1ccc(-c2noc([C@H]3CCN3C(=O)CCc3c(C)n[nH]c3C)n2)s1. The zero-order valence-corrected chi connectivity index (χ0v) is 15.9. The molecular weight excluding hydrogens is 350 g/mol. The Morgan fingerprint density at radius 1 is 1.38 bits per heavy atom. The summed E-state index contributed by atoms with van der Waals surface area (Å²) in [5.74, 6) is 1.25. The second-order valence-electron chi connectivity index (χ2n) is 6.67. The average Bonchev–Trinajstić information content (AvgIpc) is 3.27. The Balaban J connectivity index is 1.41. The van der Waals surface area contributed by atoms with Crippen LogP contribution in [-0.4, -0.2) is 37.7 Å². The lowest BCUT2D eigenvalue weighted by Crippen LogP contribution is -2.45. The van der Waals surface area contributed by atoms with Crippen molar-refractivity contribution >= 4 is 17.2 Å². The van der Waals surface area contributed by atoms with Crippen LogP contribution in [0.15, 0.2) is 16.7 Å². The molecule has 4 heterocycles. The van der Waals surface area contributed by atoms with Crippen LogP contribution in [0.4, 0.5) is 0 Å². The molecule has 1 fully saturated rings. The van der Waals surface area contributed by atoms with Crippen LogP contribution in [0, 0.1) is 20.8 Å². The first-order valence-corrected chi connectivity index (χ1v) is 9.55. The molecule has 1 saturated heterocycles. The molecule has 0 spiro atoms. The molecule has 0 aliphatic carbocycles. The molecule has 1 atom stereocenters. The van der Waals surface area contributed by atoms with E-state index >= 15 is 0 Å². The molecular formula is C18H21N5O2S. The van der Waals surface area contributed by atoms with Crippen molar-refractivity contribution in [2.45, 2.75) is 46.1 Å². The number of amides is 1. The zero-order chi connectivity index (χ0) is 18.3. The van der Waals surface area contributed by atoms with Crippen molar-refractivity contribution in [2.75, 3.05) is 6.54 Å². The highest BCUT2D eigenvalue weighted by Crippen LogP contribution is 2.35. The number of nitrogens with zero attached hydrogens (tertiary/aromatic N) is 4. The number of hydrogen-bond donors (Lipinski definition) is 1. The molecule has 1 aliphatic rings. The van der Waals surface area contributed by atoms with Gasteiger partial charge in [-0.05, 0) is 51.3 Å². The maximum atomic E-state index is 12.6.